The van der Waals surface area contributed by atoms with Gasteiger partial charge in [0.15, 0.2) is 0 Å². The lowest BCUT2D eigenvalue weighted by Crippen LogP contribution is -2.35. The van der Waals surface area contributed by atoms with Gasteiger partial charge in [0.25, 0.3) is 11.7 Å². The van der Waals surface area contributed by atoms with Gasteiger partial charge < -0.3 is 19.6 Å². The van der Waals surface area contributed by atoms with Gasteiger partial charge in [-0.3, -0.25) is 9.59 Å². The molecule has 1 atom stereocenters. The summed E-state index contributed by atoms with van der Waals surface area (Å²) in [6.07, 6.45) is 0.0209. The van der Waals surface area contributed by atoms with Crippen molar-refractivity contribution in [2.75, 3.05) is 27.2 Å². The lowest BCUT2D eigenvalue weighted by molar-refractivity contribution is -0.140. The van der Waals surface area contributed by atoms with Crippen LogP contribution in [0.2, 0.25) is 0 Å². The Kier molecular flexibility index (Phi) is 7.41. The second-order valence-corrected chi connectivity index (χ2v) is 9.41. The first-order valence-corrected chi connectivity index (χ1v) is 11.4. The Labute approximate surface area is 197 Å². The lowest BCUT2D eigenvalue weighted by Gasteiger charge is -2.26. The average molecular weight is 501 g/mol. The molecule has 1 fully saturated rings. The number of likely N-dealkylation sites (N-methyl/N-ethyl adjacent to an activating group) is 1. The zero-order valence-electron chi connectivity index (χ0n) is 19.1. The Balaban J connectivity index is 2.11. The third kappa shape index (κ3) is 5.05. The highest BCUT2D eigenvalue weighted by Gasteiger charge is 2.45. The van der Waals surface area contributed by atoms with Gasteiger partial charge in [0.05, 0.1) is 17.7 Å². The number of rotatable bonds is 7. The molecule has 170 valence electrons. The molecular formula is C25H29BrN2O4. The SMILES string of the molecule is Cc1cc(/C(O)=C2/C(=O)C(=O)N(CCN(C)C)C2c2ccc(Br)cc2)ccc1OC(C)C. The second kappa shape index (κ2) is 9.88. The number of hydrogen-bond acceptors (Lipinski definition) is 5. The molecule has 32 heavy (non-hydrogen) atoms. The van der Waals surface area contributed by atoms with E-state index >= 15 is 0 Å². The monoisotopic (exact) mass is 500 g/mol. The van der Waals surface area contributed by atoms with E-state index in [2.05, 4.69) is 15.9 Å². The number of amides is 1. The molecule has 0 bridgehead atoms. The fourth-order valence-electron chi connectivity index (χ4n) is 3.75. The molecule has 0 aromatic heterocycles. The van der Waals surface area contributed by atoms with Crippen molar-refractivity contribution in [2.45, 2.75) is 32.9 Å². The third-order valence-corrected chi connectivity index (χ3v) is 5.85. The fourth-order valence-corrected chi connectivity index (χ4v) is 4.01. The van der Waals surface area contributed by atoms with Crippen LogP contribution in [0.25, 0.3) is 5.76 Å². The summed E-state index contributed by atoms with van der Waals surface area (Å²) in [7, 11) is 3.82. The van der Waals surface area contributed by atoms with Gasteiger partial charge in [-0.15, -0.1) is 0 Å². The highest BCUT2D eigenvalue weighted by atomic mass is 79.9. The molecule has 2 aromatic carbocycles. The van der Waals surface area contributed by atoms with Gasteiger partial charge >= 0.3 is 0 Å². The number of aryl methyl sites for hydroxylation is 1. The predicted molar refractivity (Wildman–Crippen MR) is 129 cm³/mol. The third-order valence-electron chi connectivity index (χ3n) is 5.32. The number of benzene rings is 2. The van der Waals surface area contributed by atoms with Gasteiger partial charge in [-0.1, -0.05) is 28.1 Å². The maximum absolute atomic E-state index is 13.1. The van der Waals surface area contributed by atoms with Crippen molar-refractivity contribution in [3.63, 3.8) is 0 Å². The molecule has 0 radical (unpaired) electrons. The zero-order chi connectivity index (χ0) is 23.6. The zero-order valence-corrected chi connectivity index (χ0v) is 20.6. The number of carbonyl (C=O) groups is 2. The Morgan fingerprint density at radius 3 is 2.38 bits per heavy atom. The summed E-state index contributed by atoms with van der Waals surface area (Å²) in [5, 5.41) is 11.2. The maximum atomic E-state index is 13.1. The minimum absolute atomic E-state index is 0.0209. The standard InChI is InChI=1S/C25H29BrN2O4/c1-15(2)32-20-11-8-18(14-16(20)3)23(29)21-22(17-6-9-19(26)10-7-17)28(13-12-27(4)5)25(31)24(21)30/h6-11,14-15,22,29H,12-13H2,1-5H3/b23-21-. The molecule has 6 nitrogen and oxygen atoms in total. The van der Waals surface area contributed by atoms with Crippen molar-refractivity contribution in [1.82, 2.24) is 9.80 Å². The molecule has 7 heteroatoms. The van der Waals surface area contributed by atoms with E-state index in [0.29, 0.717) is 24.4 Å². The number of likely N-dealkylation sites (tertiary alicyclic amines) is 1. The van der Waals surface area contributed by atoms with Crippen LogP contribution in [-0.4, -0.2) is 59.9 Å². The summed E-state index contributed by atoms with van der Waals surface area (Å²) < 4.78 is 6.67. The van der Waals surface area contributed by atoms with Gasteiger partial charge in [-0.2, -0.15) is 0 Å². The Morgan fingerprint density at radius 2 is 1.81 bits per heavy atom. The first kappa shape index (κ1) is 24.0. The quantitative estimate of drug-likeness (QED) is 0.343. The summed E-state index contributed by atoms with van der Waals surface area (Å²) >= 11 is 3.43. The molecule has 3 rings (SSSR count). The van der Waals surface area contributed by atoms with Crippen LogP contribution in [0.3, 0.4) is 0 Å². The van der Waals surface area contributed by atoms with E-state index in [9.17, 15) is 14.7 Å². The molecule has 1 amide bonds. The first-order chi connectivity index (χ1) is 15.1. The van der Waals surface area contributed by atoms with E-state index in [4.69, 9.17) is 4.74 Å². The Bertz CT molecular complexity index is 1040. The van der Waals surface area contributed by atoms with E-state index in [1.807, 2.05) is 64.0 Å². The van der Waals surface area contributed by atoms with E-state index < -0.39 is 17.7 Å². The fraction of sp³-hybridized carbons (Fsp3) is 0.360. The van der Waals surface area contributed by atoms with Gasteiger partial charge in [0, 0.05) is 23.1 Å². The Morgan fingerprint density at radius 1 is 1.16 bits per heavy atom. The molecular weight excluding hydrogens is 472 g/mol. The number of hydrogen-bond donors (Lipinski definition) is 1. The molecule has 1 saturated heterocycles. The van der Waals surface area contributed by atoms with Crippen molar-refractivity contribution < 1.29 is 19.4 Å². The van der Waals surface area contributed by atoms with Crippen LogP contribution in [0.15, 0.2) is 52.5 Å². The van der Waals surface area contributed by atoms with Gasteiger partial charge in [0.2, 0.25) is 0 Å². The summed E-state index contributed by atoms with van der Waals surface area (Å²) in [5.74, 6) is -0.734. The van der Waals surface area contributed by atoms with Crippen LogP contribution < -0.4 is 4.74 Å². The van der Waals surface area contributed by atoms with Crippen LogP contribution in [0.4, 0.5) is 0 Å². The first-order valence-electron chi connectivity index (χ1n) is 10.6. The van der Waals surface area contributed by atoms with E-state index in [1.165, 1.54) is 0 Å². The van der Waals surface area contributed by atoms with E-state index in [0.717, 1.165) is 15.6 Å². The van der Waals surface area contributed by atoms with E-state index in [-0.39, 0.29) is 17.4 Å². The van der Waals surface area contributed by atoms with Crippen LogP contribution in [0, 0.1) is 6.92 Å². The highest BCUT2D eigenvalue weighted by Crippen LogP contribution is 2.40. The van der Waals surface area contributed by atoms with Crippen LogP contribution in [0.5, 0.6) is 5.75 Å². The van der Waals surface area contributed by atoms with Crippen molar-refractivity contribution >= 4 is 33.4 Å². The van der Waals surface area contributed by atoms with E-state index in [1.54, 1.807) is 23.1 Å². The second-order valence-electron chi connectivity index (χ2n) is 8.49. The number of ketones is 1. The van der Waals surface area contributed by atoms with Gasteiger partial charge in [-0.05, 0) is 76.3 Å². The molecule has 1 aliphatic rings. The topological polar surface area (TPSA) is 70.1 Å². The van der Waals surface area contributed by atoms with Gasteiger partial charge in [-0.25, -0.2) is 0 Å². The molecule has 0 spiro atoms. The van der Waals surface area contributed by atoms with Gasteiger partial charge in [0.1, 0.15) is 11.5 Å². The largest absolute Gasteiger partial charge is 0.507 e. The molecule has 1 heterocycles. The molecule has 2 aromatic rings. The average Bonchev–Trinajstić information content (AvgIpc) is 2.98. The predicted octanol–water partition coefficient (Wildman–Crippen LogP) is 4.53. The minimum atomic E-state index is -0.672. The summed E-state index contributed by atoms with van der Waals surface area (Å²) in [6.45, 7) is 6.74. The Hall–Kier alpha value is -2.64. The summed E-state index contributed by atoms with van der Waals surface area (Å²) in [5.41, 5.74) is 2.19. The van der Waals surface area contributed by atoms with Crippen molar-refractivity contribution in [3.05, 3.63) is 69.2 Å². The van der Waals surface area contributed by atoms with Crippen molar-refractivity contribution in [2.24, 2.45) is 0 Å². The number of aliphatic hydroxyl groups excluding tert-OH is 1. The number of halogens is 1. The molecule has 0 aliphatic carbocycles. The maximum Gasteiger partial charge on any atom is 0.295 e. The summed E-state index contributed by atoms with van der Waals surface area (Å²) in [4.78, 5) is 29.5. The molecule has 1 unspecified atom stereocenters. The summed E-state index contributed by atoms with van der Waals surface area (Å²) in [6, 6.07) is 12.1. The molecule has 1 N–H and O–H groups in total. The number of Topliss-reactive ketones (excluding diaryl/α,β-unsaturated/α-hetero) is 1. The minimum Gasteiger partial charge on any atom is -0.507 e. The lowest BCUT2D eigenvalue weighted by atomic mass is 9.95. The molecule has 1 aliphatic heterocycles. The highest BCUT2D eigenvalue weighted by molar-refractivity contribution is 9.10. The van der Waals surface area contributed by atoms with Crippen LogP contribution in [0.1, 0.15) is 36.6 Å². The number of nitrogens with zero attached hydrogens (tertiary/aromatic N) is 2. The number of carbonyl (C=O) groups excluding carboxylic acids is 2. The number of aliphatic hydroxyl groups is 1. The smallest absolute Gasteiger partial charge is 0.295 e. The molecule has 0 saturated carbocycles. The van der Waals surface area contributed by atoms with Crippen molar-refractivity contribution in [1.29, 1.82) is 0 Å². The van der Waals surface area contributed by atoms with Crippen molar-refractivity contribution in [3.8, 4) is 5.75 Å². The van der Waals surface area contributed by atoms with Crippen LogP contribution in [-0.2, 0) is 9.59 Å². The normalized spacial score (nSPS) is 18.1. The number of ether oxygens (including phenoxy) is 1. The van der Waals surface area contributed by atoms with Crippen LogP contribution >= 0.6 is 15.9 Å².